The average molecular weight is 464 g/mol. The summed E-state index contributed by atoms with van der Waals surface area (Å²) in [5.74, 6) is 1.44. The molecule has 168 valence electrons. The minimum Gasteiger partial charge on any atom is -0.352 e. The van der Waals surface area contributed by atoms with Crippen LogP contribution < -0.4 is 15.1 Å². The van der Waals surface area contributed by atoms with Gasteiger partial charge in [0.05, 0.1) is 18.1 Å². The second-order valence-corrected chi connectivity index (χ2v) is 8.03. The van der Waals surface area contributed by atoms with Crippen molar-refractivity contribution in [3.8, 4) is 0 Å². The molecule has 11 heteroatoms. The molecule has 33 heavy (non-hydrogen) atoms. The monoisotopic (exact) mass is 463 g/mol. The van der Waals surface area contributed by atoms with Crippen LogP contribution in [0, 0.1) is 0 Å². The van der Waals surface area contributed by atoms with E-state index in [-0.39, 0.29) is 5.91 Å². The quantitative estimate of drug-likeness (QED) is 0.463. The van der Waals surface area contributed by atoms with E-state index in [1.54, 1.807) is 53.9 Å². The molecule has 4 aromatic rings. The third kappa shape index (κ3) is 4.56. The van der Waals surface area contributed by atoms with Crippen LogP contribution >= 0.6 is 11.6 Å². The highest BCUT2D eigenvalue weighted by atomic mass is 35.5. The van der Waals surface area contributed by atoms with E-state index in [4.69, 9.17) is 11.6 Å². The number of aromatic nitrogens is 6. The zero-order valence-electron chi connectivity index (χ0n) is 17.8. The molecule has 5 rings (SSSR count). The molecule has 1 aliphatic heterocycles. The Morgan fingerprint density at radius 3 is 2.58 bits per heavy atom. The number of rotatable bonds is 6. The van der Waals surface area contributed by atoms with Crippen LogP contribution in [0.4, 0.5) is 11.8 Å². The summed E-state index contributed by atoms with van der Waals surface area (Å²) in [5.41, 5.74) is 1.27. The largest absolute Gasteiger partial charge is 0.352 e. The average Bonchev–Trinajstić information content (AvgIpc) is 3.28. The molecule has 3 aromatic heterocycles. The molecule has 0 saturated carbocycles. The molecule has 1 fully saturated rings. The molecule has 0 bridgehead atoms. The molecule has 0 aliphatic carbocycles. The molecule has 10 nitrogen and oxygen atoms in total. The van der Waals surface area contributed by atoms with E-state index in [9.17, 15) is 4.79 Å². The van der Waals surface area contributed by atoms with Gasteiger partial charge in [-0.05, 0) is 24.3 Å². The maximum atomic E-state index is 12.3. The number of piperazine rings is 1. The van der Waals surface area contributed by atoms with Crippen molar-refractivity contribution in [3.63, 3.8) is 0 Å². The molecule has 1 amide bonds. The Morgan fingerprint density at radius 1 is 1.00 bits per heavy atom. The Bertz CT molecular complexity index is 1260. The van der Waals surface area contributed by atoms with Gasteiger partial charge in [-0.1, -0.05) is 17.7 Å². The fourth-order valence-electron chi connectivity index (χ4n) is 3.88. The Morgan fingerprint density at radius 2 is 1.79 bits per heavy atom. The number of halogens is 1. The number of fused-ring (bicyclic) bond motifs is 1. The number of carbonyl (C=O) groups excluding carboxylic acids is 1. The molecular formula is C22H22ClN9O. The van der Waals surface area contributed by atoms with Crippen molar-refractivity contribution < 1.29 is 4.79 Å². The first-order valence-electron chi connectivity index (χ1n) is 10.7. The van der Waals surface area contributed by atoms with Crippen molar-refractivity contribution in [1.82, 2.24) is 35.0 Å². The van der Waals surface area contributed by atoms with E-state index < -0.39 is 0 Å². The van der Waals surface area contributed by atoms with Crippen LogP contribution in [-0.2, 0) is 6.54 Å². The minimum atomic E-state index is -0.176. The SMILES string of the molecule is O=C(NCCn1ncc2c(N3CCN(c4ncccn4)CC3)ncnc21)c1cccc(Cl)c1. The van der Waals surface area contributed by atoms with Crippen molar-refractivity contribution in [3.05, 3.63) is 65.8 Å². The van der Waals surface area contributed by atoms with Gasteiger partial charge in [0.15, 0.2) is 5.65 Å². The lowest BCUT2D eigenvalue weighted by Crippen LogP contribution is -2.47. The first kappa shape index (κ1) is 21.1. The molecule has 1 aliphatic rings. The van der Waals surface area contributed by atoms with Crippen molar-refractivity contribution >= 4 is 40.3 Å². The van der Waals surface area contributed by atoms with E-state index in [2.05, 4.69) is 40.2 Å². The van der Waals surface area contributed by atoms with Crippen molar-refractivity contribution in [2.45, 2.75) is 6.54 Å². The predicted octanol–water partition coefficient (Wildman–Crippen LogP) is 2.03. The fourth-order valence-corrected chi connectivity index (χ4v) is 4.07. The van der Waals surface area contributed by atoms with Crippen LogP contribution in [0.5, 0.6) is 0 Å². The zero-order valence-corrected chi connectivity index (χ0v) is 18.6. The Kier molecular flexibility index (Phi) is 5.99. The summed E-state index contributed by atoms with van der Waals surface area (Å²) in [5, 5.41) is 8.80. The van der Waals surface area contributed by atoms with Crippen LogP contribution in [0.25, 0.3) is 11.0 Å². The number of amides is 1. The molecule has 4 heterocycles. The molecule has 0 spiro atoms. The van der Waals surface area contributed by atoms with Crippen LogP contribution in [0.2, 0.25) is 5.02 Å². The third-order valence-electron chi connectivity index (χ3n) is 5.52. The molecule has 1 aromatic carbocycles. The van der Waals surface area contributed by atoms with Gasteiger partial charge < -0.3 is 15.1 Å². The van der Waals surface area contributed by atoms with Crippen molar-refractivity contribution in [1.29, 1.82) is 0 Å². The third-order valence-corrected chi connectivity index (χ3v) is 5.76. The van der Waals surface area contributed by atoms with Gasteiger partial charge in [-0.3, -0.25) is 4.79 Å². The van der Waals surface area contributed by atoms with E-state index in [0.29, 0.717) is 23.7 Å². The lowest BCUT2D eigenvalue weighted by molar-refractivity contribution is 0.0952. The van der Waals surface area contributed by atoms with Gasteiger partial charge in [-0.25, -0.2) is 24.6 Å². The summed E-state index contributed by atoms with van der Waals surface area (Å²) >= 11 is 5.97. The van der Waals surface area contributed by atoms with Gasteiger partial charge in [0.25, 0.3) is 5.91 Å². The maximum absolute atomic E-state index is 12.3. The number of hydrogen-bond acceptors (Lipinski definition) is 8. The lowest BCUT2D eigenvalue weighted by atomic mass is 10.2. The second kappa shape index (κ2) is 9.37. The van der Waals surface area contributed by atoms with Gasteiger partial charge in [0.1, 0.15) is 12.1 Å². The van der Waals surface area contributed by atoms with E-state index in [0.717, 1.165) is 49.0 Å². The van der Waals surface area contributed by atoms with Crippen LogP contribution in [0.15, 0.2) is 55.2 Å². The van der Waals surface area contributed by atoms with E-state index >= 15 is 0 Å². The van der Waals surface area contributed by atoms with Gasteiger partial charge in [0.2, 0.25) is 5.95 Å². The molecule has 1 N–H and O–H groups in total. The highest BCUT2D eigenvalue weighted by Gasteiger charge is 2.22. The summed E-state index contributed by atoms with van der Waals surface area (Å²) in [6, 6.07) is 8.68. The smallest absolute Gasteiger partial charge is 0.251 e. The summed E-state index contributed by atoms with van der Waals surface area (Å²) in [6.45, 7) is 4.11. The highest BCUT2D eigenvalue weighted by Crippen LogP contribution is 2.24. The Labute approximate surface area is 195 Å². The number of benzene rings is 1. The molecule has 0 unspecified atom stereocenters. The van der Waals surface area contributed by atoms with Gasteiger partial charge in [-0.2, -0.15) is 5.10 Å². The lowest BCUT2D eigenvalue weighted by Gasteiger charge is -2.35. The molecule has 1 saturated heterocycles. The molecule has 0 atom stereocenters. The van der Waals surface area contributed by atoms with Gasteiger partial charge in [-0.15, -0.1) is 0 Å². The number of anilines is 2. The van der Waals surface area contributed by atoms with E-state index in [1.165, 1.54) is 0 Å². The van der Waals surface area contributed by atoms with Crippen molar-refractivity contribution in [2.75, 3.05) is 42.5 Å². The predicted molar refractivity (Wildman–Crippen MR) is 126 cm³/mol. The van der Waals surface area contributed by atoms with Gasteiger partial charge >= 0.3 is 0 Å². The number of nitrogens with one attached hydrogen (secondary N) is 1. The van der Waals surface area contributed by atoms with Gasteiger partial charge in [0, 0.05) is 55.7 Å². The number of hydrogen-bond donors (Lipinski definition) is 1. The standard InChI is InChI=1S/C22H22ClN9O/c23-17-4-1-3-16(13-17)21(33)24-7-8-32-20-18(14-29-32)19(27-15-28-20)30-9-11-31(12-10-30)22-25-5-2-6-26-22/h1-6,13-15H,7-12H2,(H,24,33). The Balaban J connectivity index is 1.23. The fraction of sp³-hybridized carbons (Fsp3) is 0.273. The minimum absolute atomic E-state index is 0.176. The summed E-state index contributed by atoms with van der Waals surface area (Å²) < 4.78 is 1.78. The summed E-state index contributed by atoms with van der Waals surface area (Å²) in [7, 11) is 0. The maximum Gasteiger partial charge on any atom is 0.251 e. The first-order chi connectivity index (χ1) is 16.2. The number of nitrogens with zero attached hydrogens (tertiary/aromatic N) is 8. The van der Waals surface area contributed by atoms with E-state index in [1.807, 2.05) is 6.07 Å². The summed E-state index contributed by atoms with van der Waals surface area (Å²) in [4.78, 5) is 34.4. The first-order valence-corrected chi connectivity index (χ1v) is 11.0. The zero-order chi connectivity index (χ0) is 22.6. The van der Waals surface area contributed by atoms with Crippen LogP contribution in [-0.4, -0.2) is 68.3 Å². The normalized spacial score (nSPS) is 14.0. The second-order valence-electron chi connectivity index (χ2n) is 7.59. The van der Waals surface area contributed by atoms with Crippen molar-refractivity contribution in [2.24, 2.45) is 0 Å². The number of carbonyl (C=O) groups is 1. The van der Waals surface area contributed by atoms with Crippen LogP contribution in [0.1, 0.15) is 10.4 Å². The highest BCUT2D eigenvalue weighted by molar-refractivity contribution is 6.30. The molecule has 0 radical (unpaired) electrons. The molecular weight excluding hydrogens is 442 g/mol. The Hall–Kier alpha value is -3.79. The topological polar surface area (TPSA) is 105 Å². The van der Waals surface area contributed by atoms with Crippen LogP contribution in [0.3, 0.4) is 0 Å². The summed E-state index contributed by atoms with van der Waals surface area (Å²) in [6.07, 6.45) is 6.87.